The summed E-state index contributed by atoms with van der Waals surface area (Å²) < 4.78 is 17.3. The Kier molecular flexibility index (Phi) is 5.56. The van der Waals surface area contributed by atoms with Crippen molar-refractivity contribution in [3.05, 3.63) is 75.6 Å². The highest BCUT2D eigenvalue weighted by atomic mass is 32.2. The molecular weight excluding hydrogens is 409 g/mol. The predicted octanol–water partition coefficient (Wildman–Crippen LogP) is 6.62. The third kappa shape index (κ3) is 3.51. The summed E-state index contributed by atoms with van der Waals surface area (Å²) in [5, 5.41) is 9.72. The number of nitrogens with zero attached hydrogens (tertiary/aromatic N) is 1. The van der Waals surface area contributed by atoms with Crippen molar-refractivity contribution in [3.8, 4) is 22.3 Å². The van der Waals surface area contributed by atoms with Crippen LogP contribution in [0.1, 0.15) is 33.4 Å². The van der Waals surface area contributed by atoms with E-state index in [1.165, 1.54) is 6.07 Å². The highest BCUT2D eigenvalue weighted by molar-refractivity contribution is 7.99. The smallest absolute Gasteiger partial charge is 0.307 e. The summed E-state index contributed by atoms with van der Waals surface area (Å²) in [5.74, 6) is -1.11. The lowest BCUT2D eigenvalue weighted by atomic mass is 9.80. The zero-order chi connectivity index (χ0) is 22.4. The summed E-state index contributed by atoms with van der Waals surface area (Å²) >= 11 is 1.58. The average Bonchev–Trinajstić information content (AvgIpc) is 2.71. The molecule has 4 rings (SSSR count). The molecular formula is C26H26FNO2S. The zero-order valence-corrected chi connectivity index (χ0v) is 19.3. The van der Waals surface area contributed by atoms with Gasteiger partial charge in [-0.2, -0.15) is 0 Å². The zero-order valence-electron chi connectivity index (χ0n) is 18.5. The van der Waals surface area contributed by atoms with E-state index in [2.05, 4.69) is 16.4 Å². The van der Waals surface area contributed by atoms with Crippen LogP contribution >= 0.6 is 11.9 Å². The van der Waals surface area contributed by atoms with Gasteiger partial charge in [-0.25, -0.2) is 4.39 Å². The molecule has 1 aliphatic heterocycles. The van der Waals surface area contributed by atoms with Gasteiger partial charge in [0.1, 0.15) is 5.82 Å². The number of hydrogen-bond acceptors (Lipinski definition) is 3. The quantitative estimate of drug-likeness (QED) is 0.468. The van der Waals surface area contributed by atoms with E-state index in [0.29, 0.717) is 12.1 Å². The van der Waals surface area contributed by atoms with Crippen LogP contribution in [0.25, 0.3) is 22.3 Å². The molecule has 0 radical (unpaired) electrons. The fourth-order valence-electron chi connectivity index (χ4n) is 4.87. The van der Waals surface area contributed by atoms with Crippen molar-refractivity contribution in [2.75, 3.05) is 10.6 Å². The summed E-state index contributed by atoms with van der Waals surface area (Å²) in [6.45, 7) is 8.64. The van der Waals surface area contributed by atoms with E-state index in [1.807, 2.05) is 46.1 Å². The number of fused-ring (bicyclic) bond motifs is 3. The molecule has 0 aliphatic carbocycles. The van der Waals surface area contributed by atoms with E-state index in [9.17, 15) is 9.90 Å². The highest BCUT2D eigenvalue weighted by Crippen LogP contribution is 2.51. The number of carboxylic acids is 1. The first-order valence-electron chi connectivity index (χ1n) is 10.3. The van der Waals surface area contributed by atoms with Crippen molar-refractivity contribution in [1.29, 1.82) is 0 Å². The van der Waals surface area contributed by atoms with Crippen LogP contribution in [0.15, 0.2) is 36.4 Å². The Morgan fingerprint density at radius 1 is 1.06 bits per heavy atom. The highest BCUT2D eigenvalue weighted by Gasteiger charge is 2.32. The first-order valence-corrected chi connectivity index (χ1v) is 11.5. The Labute approximate surface area is 187 Å². The lowest BCUT2D eigenvalue weighted by molar-refractivity contribution is -0.136. The molecule has 0 bridgehead atoms. The van der Waals surface area contributed by atoms with Gasteiger partial charge in [-0.15, -0.1) is 0 Å². The maximum absolute atomic E-state index is 15.2. The molecule has 0 fully saturated rings. The minimum Gasteiger partial charge on any atom is -0.481 e. The average molecular weight is 436 g/mol. The second-order valence-corrected chi connectivity index (χ2v) is 9.02. The summed E-state index contributed by atoms with van der Waals surface area (Å²) in [4.78, 5) is 11.8. The van der Waals surface area contributed by atoms with E-state index < -0.39 is 5.97 Å². The number of aliphatic carboxylic acids is 1. The molecule has 0 spiro atoms. The minimum atomic E-state index is -0.869. The minimum absolute atomic E-state index is 0.0745. The molecule has 1 aliphatic rings. The van der Waals surface area contributed by atoms with Crippen LogP contribution in [0, 0.1) is 33.5 Å². The van der Waals surface area contributed by atoms with Crippen LogP contribution in [0.5, 0.6) is 0 Å². The van der Waals surface area contributed by atoms with Crippen molar-refractivity contribution >= 4 is 23.6 Å². The van der Waals surface area contributed by atoms with Crippen molar-refractivity contribution in [2.45, 2.75) is 40.7 Å². The van der Waals surface area contributed by atoms with Crippen LogP contribution in [-0.2, 0) is 17.8 Å². The van der Waals surface area contributed by atoms with E-state index in [4.69, 9.17) is 0 Å². The number of carbonyl (C=O) groups is 1. The second-order valence-electron chi connectivity index (χ2n) is 8.21. The number of aryl methyl sites for hydroxylation is 2. The lowest BCUT2D eigenvalue weighted by Gasteiger charge is -2.36. The second kappa shape index (κ2) is 8.04. The van der Waals surface area contributed by atoms with Crippen LogP contribution in [-0.4, -0.2) is 17.3 Å². The summed E-state index contributed by atoms with van der Waals surface area (Å²) in [5.41, 5.74) is 10.2. The molecule has 3 aromatic carbocycles. The van der Waals surface area contributed by atoms with E-state index in [-0.39, 0.29) is 12.2 Å². The monoisotopic (exact) mass is 435 g/mol. The van der Waals surface area contributed by atoms with Gasteiger partial charge >= 0.3 is 5.97 Å². The third-order valence-electron chi connectivity index (χ3n) is 6.21. The fourth-order valence-corrected chi connectivity index (χ4v) is 5.54. The van der Waals surface area contributed by atoms with Crippen molar-refractivity contribution < 1.29 is 14.3 Å². The van der Waals surface area contributed by atoms with Crippen LogP contribution in [0.2, 0.25) is 0 Å². The molecule has 31 heavy (non-hydrogen) atoms. The van der Waals surface area contributed by atoms with Crippen molar-refractivity contribution in [1.82, 2.24) is 0 Å². The van der Waals surface area contributed by atoms with Gasteiger partial charge in [0.2, 0.25) is 0 Å². The van der Waals surface area contributed by atoms with E-state index >= 15 is 4.39 Å². The van der Waals surface area contributed by atoms with Gasteiger partial charge in [-0.3, -0.25) is 4.79 Å². The van der Waals surface area contributed by atoms with Gasteiger partial charge in [0.05, 0.1) is 18.7 Å². The topological polar surface area (TPSA) is 40.5 Å². The molecule has 0 atom stereocenters. The maximum Gasteiger partial charge on any atom is 0.307 e. The summed E-state index contributed by atoms with van der Waals surface area (Å²) in [6, 6.07) is 11.4. The molecule has 1 N–H and O–H groups in total. The SMILES string of the molecule is CSN1Cc2cccc(F)c2-c2c(C)c(-c3ccc(C)cc3C)c(CC(=O)O)c(C)c21. The third-order valence-corrected chi connectivity index (χ3v) is 6.96. The van der Waals surface area contributed by atoms with Gasteiger partial charge in [-0.1, -0.05) is 47.8 Å². The number of carboxylic acid groups (broad SMARTS) is 1. The van der Waals surface area contributed by atoms with E-state index in [1.54, 1.807) is 18.0 Å². The first-order chi connectivity index (χ1) is 14.7. The van der Waals surface area contributed by atoms with Gasteiger partial charge in [0, 0.05) is 17.4 Å². The van der Waals surface area contributed by atoms with Gasteiger partial charge in [-0.05, 0) is 72.7 Å². The molecule has 5 heteroatoms. The summed E-state index contributed by atoms with van der Waals surface area (Å²) in [7, 11) is 0. The predicted molar refractivity (Wildman–Crippen MR) is 127 cm³/mol. The molecule has 3 nitrogen and oxygen atoms in total. The lowest BCUT2D eigenvalue weighted by Crippen LogP contribution is -2.23. The molecule has 0 saturated carbocycles. The molecule has 3 aromatic rings. The summed E-state index contributed by atoms with van der Waals surface area (Å²) in [6.07, 6.45) is 1.92. The Morgan fingerprint density at radius 3 is 2.45 bits per heavy atom. The van der Waals surface area contributed by atoms with Gasteiger partial charge in [0.15, 0.2) is 0 Å². The first kappa shape index (κ1) is 21.4. The number of hydrogen-bond donors (Lipinski definition) is 1. The Bertz CT molecular complexity index is 1220. The molecule has 1 heterocycles. The largest absolute Gasteiger partial charge is 0.481 e. The molecule has 160 valence electrons. The van der Waals surface area contributed by atoms with Gasteiger partial charge < -0.3 is 9.41 Å². The number of halogens is 1. The number of rotatable bonds is 4. The maximum atomic E-state index is 15.2. The van der Waals surface area contributed by atoms with Gasteiger partial charge in [0.25, 0.3) is 0 Å². The van der Waals surface area contributed by atoms with Crippen LogP contribution in [0.4, 0.5) is 10.1 Å². The van der Waals surface area contributed by atoms with E-state index in [0.717, 1.165) is 55.8 Å². The molecule has 0 unspecified atom stereocenters. The fraction of sp³-hybridized carbons (Fsp3) is 0.269. The Morgan fingerprint density at radius 2 is 1.81 bits per heavy atom. The number of anilines is 1. The normalized spacial score (nSPS) is 12.5. The molecule has 0 amide bonds. The van der Waals surface area contributed by atoms with Crippen molar-refractivity contribution in [3.63, 3.8) is 0 Å². The number of benzene rings is 3. The van der Waals surface area contributed by atoms with Crippen LogP contribution in [0.3, 0.4) is 0 Å². The van der Waals surface area contributed by atoms with Crippen LogP contribution < -0.4 is 4.31 Å². The Balaban J connectivity index is 2.17. The molecule has 0 saturated heterocycles. The van der Waals surface area contributed by atoms with Crippen molar-refractivity contribution in [2.24, 2.45) is 0 Å². The Hall–Kier alpha value is -2.79. The molecule has 0 aromatic heterocycles. The standard InChI is InChI=1S/C26H26FNO2S/c1-14-9-10-19(15(2)11-14)23-17(4)24-25-18(7-6-8-21(25)27)13-28(31-5)26(24)16(3)20(23)12-22(29)30/h6-11H,12-13H2,1-5H3,(H,29,30).